The molecule has 0 amide bonds. The Kier molecular flexibility index (Phi) is 3.05. The van der Waals surface area contributed by atoms with Gasteiger partial charge in [-0.25, -0.2) is 4.39 Å². The standard InChI is InChI=1S/C10H9ClFN3O/c1-6-14-15-10(16-6)13-5-7-2-3-9(12)8(11)4-7/h2-4H,5H2,1H3,(H,13,15). The lowest BCUT2D eigenvalue weighted by atomic mass is 10.2. The van der Waals surface area contributed by atoms with E-state index in [0.717, 1.165) is 5.56 Å². The predicted octanol–water partition coefficient (Wildman–Crippen LogP) is 2.78. The molecule has 84 valence electrons. The molecular formula is C10H9ClFN3O. The van der Waals surface area contributed by atoms with Crippen molar-refractivity contribution >= 4 is 17.6 Å². The van der Waals surface area contributed by atoms with Gasteiger partial charge in [0, 0.05) is 13.5 Å². The molecule has 1 N–H and O–H groups in total. The molecule has 0 aliphatic carbocycles. The van der Waals surface area contributed by atoms with Crippen LogP contribution in [-0.2, 0) is 6.54 Å². The molecule has 0 bridgehead atoms. The van der Waals surface area contributed by atoms with Crippen molar-refractivity contribution in [2.45, 2.75) is 13.5 Å². The summed E-state index contributed by atoms with van der Waals surface area (Å²) in [5.41, 5.74) is 0.835. The lowest BCUT2D eigenvalue weighted by molar-refractivity contribution is 0.530. The van der Waals surface area contributed by atoms with Crippen molar-refractivity contribution in [3.63, 3.8) is 0 Å². The average molecular weight is 242 g/mol. The number of anilines is 1. The third kappa shape index (κ3) is 2.49. The van der Waals surface area contributed by atoms with E-state index in [1.807, 2.05) is 0 Å². The van der Waals surface area contributed by atoms with Gasteiger partial charge in [0.1, 0.15) is 5.82 Å². The SMILES string of the molecule is Cc1nnc(NCc2ccc(F)c(Cl)c2)o1. The number of aromatic nitrogens is 2. The maximum Gasteiger partial charge on any atom is 0.315 e. The van der Waals surface area contributed by atoms with Crippen LogP contribution in [-0.4, -0.2) is 10.2 Å². The summed E-state index contributed by atoms with van der Waals surface area (Å²) in [5.74, 6) is 0.0543. The molecule has 1 heterocycles. The first-order chi connectivity index (χ1) is 7.65. The number of hydrogen-bond donors (Lipinski definition) is 1. The number of aryl methyl sites for hydroxylation is 1. The monoisotopic (exact) mass is 241 g/mol. The molecule has 6 heteroatoms. The summed E-state index contributed by atoms with van der Waals surface area (Å²) in [6.07, 6.45) is 0. The highest BCUT2D eigenvalue weighted by Gasteiger charge is 2.03. The summed E-state index contributed by atoms with van der Waals surface area (Å²) < 4.78 is 18.0. The van der Waals surface area contributed by atoms with Crippen molar-refractivity contribution in [1.82, 2.24) is 10.2 Å². The van der Waals surface area contributed by atoms with Crippen LogP contribution in [0.2, 0.25) is 5.02 Å². The molecule has 0 aliphatic heterocycles. The van der Waals surface area contributed by atoms with Crippen molar-refractivity contribution in [3.05, 3.63) is 40.5 Å². The summed E-state index contributed by atoms with van der Waals surface area (Å²) in [5, 5.41) is 10.4. The Balaban J connectivity index is 2.02. The van der Waals surface area contributed by atoms with Crippen LogP contribution in [0.15, 0.2) is 22.6 Å². The minimum Gasteiger partial charge on any atom is -0.408 e. The summed E-state index contributed by atoms with van der Waals surface area (Å²) in [6.45, 7) is 2.15. The van der Waals surface area contributed by atoms with E-state index in [1.54, 1.807) is 19.1 Å². The van der Waals surface area contributed by atoms with Crippen molar-refractivity contribution in [2.24, 2.45) is 0 Å². The van der Waals surface area contributed by atoms with Gasteiger partial charge >= 0.3 is 6.01 Å². The first-order valence-corrected chi connectivity index (χ1v) is 5.01. The van der Waals surface area contributed by atoms with Gasteiger partial charge in [-0.2, -0.15) is 0 Å². The van der Waals surface area contributed by atoms with Crippen molar-refractivity contribution < 1.29 is 8.81 Å². The molecule has 1 aromatic carbocycles. The van der Waals surface area contributed by atoms with Gasteiger partial charge in [0.25, 0.3) is 0 Å². The zero-order valence-electron chi connectivity index (χ0n) is 8.50. The van der Waals surface area contributed by atoms with E-state index in [4.69, 9.17) is 16.0 Å². The summed E-state index contributed by atoms with van der Waals surface area (Å²) in [6, 6.07) is 4.83. The van der Waals surface area contributed by atoms with Crippen LogP contribution in [0, 0.1) is 12.7 Å². The molecule has 0 radical (unpaired) electrons. The van der Waals surface area contributed by atoms with Crippen molar-refractivity contribution in [1.29, 1.82) is 0 Å². The van der Waals surface area contributed by atoms with Gasteiger partial charge < -0.3 is 9.73 Å². The third-order valence-corrected chi connectivity index (χ3v) is 2.24. The Bertz CT molecular complexity index is 501. The summed E-state index contributed by atoms with van der Waals surface area (Å²) in [7, 11) is 0. The van der Waals surface area contributed by atoms with Gasteiger partial charge in [0.2, 0.25) is 5.89 Å². The van der Waals surface area contributed by atoms with Gasteiger partial charge in [-0.15, -0.1) is 5.10 Å². The minimum absolute atomic E-state index is 0.0982. The Morgan fingerprint density at radius 1 is 1.44 bits per heavy atom. The Morgan fingerprint density at radius 2 is 2.25 bits per heavy atom. The van der Waals surface area contributed by atoms with Gasteiger partial charge in [-0.05, 0) is 17.7 Å². The summed E-state index contributed by atoms with van der Waals surface area (Å²) in [4.78, 5) is 0. The maximum absolute atomic E-state index is 12.9. The van der Waals surface area contributed by atoms with E-state index in [1.165, 1.54) is 6.07 Å². The number of hydrogen-bond acceptors (Lipinski definition) is 4. The molecule has 4 nitrogen and oxygen atoms in total. The Hall–Kier alpha value is -1.62. The number of nitrogens with zero attached hydrogens (tertiary/aromatic N) is 2. The first kappa shape index (κ1) is 10.9. The maximum atomic E-state index is 12.9. The van der Waals surface area contributed by atoms with Crippen LogP contribution < -0.4 is 5.32 Å². The van der Waals surface area contributed by atoms with E-state index in [9.17, 15) is 4.39 Å². The number of benzene rings is 1. The van der Waals surface area contributed by atoms with Crippen molar-refractivity contribution in [2.75, 3.05) is 5.32 Å². The van der Waals surface area contributed by atoms with Crippen LogP contribution in [0.4, 0.5) is 10.4 Å². The highest BCUT2D eigenvalue weighted by atomic mass is 35.5. The summed E-state index contributed by atoms with van der Waals surface area (Å²) >= 11 is 5.65. The smallest absolute Gasteiger partial charge is 0.315 e. The van der Waals surface area contributed by atoms with E-state index < -0.39 is 5.82 Å². The van der Waals surface area contributed by atoms with Crippen LogP contribution in [0.5, 0.6) is 0 Å². The highest BCUT2D eigenvalue weighted by Crippen LogP contribution is 2.16. The molecule has 2 aromatic rings. The van der Waals surface area contributed by atoms with Gasteiger partial charge in [-0.1, -0.05) is 22.8 Å². The number of halogens is 2. The normalized spacial score (nSPS) is 10.4. The molecule has 0 fully saturated rings. The molecule has 1 aromatic heterocycles. The fourth-order valence-corrected chi connectivity index (χ4v) is 1.40. The zero-order chi connectivity index (χ0) is 11.5. The molecule has 0 atom stereocenters. The minimum atomic E-state index is -0.431. The van der Waals surface area contributed by atoms with Crippen LogP contribution in [0.25, 0.3) is 0 Å². The second-order valence-corrected chi connectivity index (χ2v) is 3.64. The van der Waals surface area contributed by atoms with Crippen LogP contribution in [0.3, 0.4) is 0 Å². The van der Waals surface area contributed by atoms with Gasteiger partial charge in [0.05, 0.1) is 5.02 Å². The van der Waals surface area contributed by atoms with Crippen LogP contribution >= 0.6 is 11.6 Å². The largest absolute Gasteiger partial charge is 0.408 e. The molecule has 0 saturated carbocycles. The lowest BCUT2D eigenvalue weighted by Gasteiger charge is -2.02. The topological polar surface area (TPSA) is 51.0 Å². The molecule has 2 rings (SSSR count). The van der Waals surface area contributed by atoms with E-state index >= 15 is 0 Å². The first-order valence-electron chi connectivity index (χ1n) is 4.63. The molecule has 0 aliphatic rings. The fraction of sp³-hybridized carbons (Fsp3) is 0.200. The Labute approximate surface area is 96.4 Å². The van der Waals surface area contributed by atoms with Gasteiger partial charge in [0.15, 0.2) is 0 Å². The number of rotatable bonds is 3. The number of nitrogens with one attached hydrogen (secondary N) is 1. The average Bonchev–Trinajstić information content (AvgIpc) is 2.66. The van der Waals surface area contributed by atoms with Crippen molar-refractivity contribution in [3.8, 4) is 0 Å². The molecule has 0 saturated heterocycles. The molecule has 0 spiro atoms. The third-order valence-electron chi connectivity index (χ3n) is 1.95. The second-order valence-electron chi connectivity index (χ2n) is 3.23. The Morgan fingerprint density at radius 3 is 2.88 bits per heavy atom. The molecule has 0 unspecified atom stereocenters. The quantitative estimate of drug-likeness (QED) is 0.898. The van der Waals surface area contributed by atoms with Gasteiger partial charge in [-0.3, -0.25) is 0 Å². The lowest BCUT2D eigenvalue weighted by Crippen LogP contribution is -1.99. The zero-order valence-corrected chi connectivity index (χ0v) is 9.25. The molecule has 16 heavy (non-hydrogen) atoms. The fourth-order valence-electron chi connectivity index (χ4n) is 1.20. The molecular weight excluding hydrogens is 233 g/mol. The van der Waals surface area contributed by atoms with E-state index in [2.05, 4.69) is 15.5 Å². The second kappa shape index (κ2) is 4.49. The highest BCUT2D eigenvalue weighted by molar-refractivity contribution is 6.30. The van der Waals surface area contributed by atoms with E-state index in [0.29, 0.717) is 18.5 Å². The predicted molar refractivity (Wildman–Crippen MR) is 57.8 cm³/mol. The van der Waals surface area contributed by atoms with E-state index in [-0.39, 0.29) is 5.02 Å². The van der Waals surface area contributed by atoms with Crippen LogP contribution in [0.1, 0.15) is 11.5 Å².